The van der Waals surface area contributed by atoms with E-state index in [0.29, 0.717) is 5.89 Å². The zero-order valence-corrected chi connectivity index (χ0v) is 6.86. The van der Waals surface area contributed by atoms with E-state index in [2.05, 4.69) is 10.1 Å². The molecule has 0 spiro atoms. The molecule has 1 heterocycles. The number of hydrogen-bond acceptors (Lipinski definition) is 5. The number of hydrogen-bond donors (Lipinski definition) is 2. The van der Waals surface area contributed by atoms with Gasteiger partial charge in [-0.1, -0.05) is 5.16 Å². The molecular weight excluding hydrogens is 174 g/mol. The van der Waals surface area contributed by atoms with Crippen LogP contribution >= 0.6 is 0 Å². The molecule has 1 aromatic rings. The van der Waals surface area contributed by atoms with Crippen LogP contribution in [0.2, 0.25) is 0 Å². The second kappa shape index (κ2) is 2.53. The predicted octanol–water partition coefficient (Wildman–Crippen LogP) is -0.356. The lowest BCUT2D eigenvalue weighted by Crippen LogP contribution is -2.19. The van der Waals surface area contributed by atoms with E-state index in [1.807, 2.05) is 0 Å². The van der Waals surface area contributed by atoms with Crippen LogP contribution < -0.4 is 5.73 Å². The van der Waals surface area contributed by atoms with Gasteiger partial charge in [-0.2, -0.15) is 4.98 Å². The monoisotopic (exact) mass is 183 g/mol. The van der Waals surface area contributed by atoms with Crippen LogP contribution in [-0.2, 0) is 16.8 Å². The van der Waals surface area contributed by atoms with Gasteiger partial charge in [0.2, 0.25) is 5.89 Å². The van der Waals surface area contributed by atoms with E-state index < -0.39 is 11.5 Å². The van der Waals surface area contributed by atoms with Crippen LogP contribution in [0.3, 0.4) is 0 Å². The standard InChI is InChI=1S/C7H9N3O3/c8-7(1-2-7)6-9-4(10-13-6)3-5(11)12/h1-3,8H2,(H,11,12). The Kier molecular flexibility index (Phi) is 1.59. The summed E-state index contributed by atoms with van der Waals surface area (Å²) < 4.78 is 4.84. The van der Waals surface area contributed by atoms with Gasteiger partial charge in [0.1, 0.15) is 6.42 Å². The maximum absolute atomic E-state index is 10.3. The number of carbonyl (C=O) groups is 1. The Balaban J connectivity index is 2.14. The molecule has 0 radical (unpaired) electrons. The molecule has 13 heavy (non-hydrogen) atoms. The average Bonchev–Trinajstić information content (AvgIpc) is 2.62. The van der Waals surface area contributed by atoms with Gasteiger partial charge in [-0.05, 0) is 12.8 Å². The van der Waals surface area contributed by atoms with Gasteiger partial charge in [-0.3, -0.25) is 4.79 Å². The van der Waals surface area contributed by atoms with Crippen molar-refractivity contribution in [3.8, 4) is 0 Å². The summed E-state index contributed by atoms with van der Waals surface area (Å²) in [7, 11) is 0. The molecule has 3 N–H and O–H groups in total. The van der Waals surface area contributed by atoms with Gasteiger partial charge in [0.25, 0.3) is 0 Å². The molecule has 2 rings (SSSR count). The summed E-state index contributed by atoms with van der Waals surface area (Å²) in [5, 5.41) is 12.0. The highest BCUT2D eigenvalue weighted by Crippen LogP contribution is 2.41. The molecule has 0 atom stereocenters. The first-order valence-corrected chi connectivity index (χ1v) is 3.94. The molecule has 1 saturated carbocycles. The van der Waals surface area contributed by atoms with Crippen LogP contribution in [0.25, 0.3) is 0 Å². The summed E-state index contributed by atoms with van der Waals surface area (Å²) in [6, 6.07) is 0. The Labute approximate surface area is 73.7 Å². The molecule has 6 nitrogen and oxygen atoms in total. The SMILES string of the molecule is NC1(c2nc(CC(=O)O)no2)CC1. The Hall–Kier alpha value is -1.43. The third kappa shape index (κ3) is 1.52. The Morgan fingerprint density at radius 2 is 2.38 bits per heavy atom. The summed E-state index contributed by atoms with van der Waals surface area (Å²) in [6.45, 7) is 0. The fourth-order valence-corrected chi connectivity index (χ4v) is 1.01. The van der Waals surface area contributed by atoms with Crippen molar-refractivity contribution >= 4 is 5.97 Å². The fourth-order valence-electron chi connectivity index (χ4n) is 1.01. The first kappa shape index (κ1) is 8.18. The molecule has 0 unspecified atom stereocenters. The molecular formula is C7H9N3O3. The van der Waals surface area contributed by atoms with E-state index >= 15 is 0 Å². The molecule has 70 valence electrons. The first-order valence-electron chi connectivity index (χ1n) is 3.94. The highest BCUT2D eigenvalue weighted by atomic mass is 16.5. The van der Waals surface area contributed by atoms with Crippen LogP contribution in [0.5, 0.6) is 0 Å². The van der Waals surface area contributed by atoms with Gasteiger partial charge in [0.15, 0.2) is 5.82 Å². The minimum absolute atomic E-state index is 0.180. The third-order valence-corrected chi connectivity index (χ3v) is 1.99. The number of carboxylic acids is 1. The van der Waals surface area contributed by atoms with Gasteiger partial charge >= 0.3 is 5.97 Å². The molecule has 1 aliphatic rings. The molecule has 1 aliphatic carbocycles. The van der Waals surface area contributed by atoms with Crippen LogP contribution in [0.1, 0.15) is 24.6 Å². The van der Waals surface area contributed by atoms with E-state index in [4.69, 9.17) is 15.4 Å². The molecule has 0 amide bonds. The summed E-state index contributed by atoms with van der Waals surface area (Å²) in [6.07, 6.45) is 1.42. The van der Waals surface area contributed by atoms with Crippen molar-refractivity contribution in [2.75, 3.05) is 0 Å². The number of rotatable bonds is 3. The second-order valence-electron chi connectivity index (χ2n) is 3.24. The van der Waals surface area contributed by atoms with Crippen molar-refractivity contribution < 1.29 is 14.4 Å². The lowest BCUT2D eigenvalue weighted by atomic mass is 10.3. The lowest BCUT2D eigenvalue weighted by Gasteiger charge is -1.97. The molecule has 0 bridgehead atoms. The van der Waals surface area contributed by atoms with Gasteiger partial charge in [-0.15, -0.1) is 0 Å². The number of nitrogens with two attached hydrogens (primary N) is 1. The summed E-state index contributed by atoms with van der Waals surface area (Å²) >= 11 is 0. The fraction of sp³-hybridized carbons (Fsp3) is 0.571. The van der Waals surface area contributed by atoms with Crippen molar-refractivity contribution in [3.63, 3.8) is 0 Å². The van der Waals surface area contributed by atoms with Gasteiger partial charge in [0.05, 0.1) is 5.54 Å². The minimum atomic E-state index is -0.978. The van der Waals surface area contributed by atoms with Crippen LogP contribution in [0.15, 0.2) is 4.52 Å². The lowest BCUT2D eigenvalue weighted by molar-refractivity contribution is -0.136. The van der Waals surface area contributed by atoms with E-state index in [1.165, 1.54) is 0 Å². The highest BCUT2D eigenvalue weighted by molar-refractivity contribution is 5.68. The Bertz CT molecular complexity index is 343. The first-order chi connectivity index (χ1) is 6.10. The summed E-state index contributed by atoms with van der Waals surface area (Å²) in [4.78, 5) is 14.2. The maximum Gasteiger partial charge on any atom is 0.311 e. The predicted molar refractivity (Wildman–Crippen MR) is 40.7 cm³/mol. The third-order valence-electron chi connectivity index (χ3n) is 1.99. The second-order valence-corrected chi connectivity index (χ2v) is 3.24. The normalized spacial score (nSPS) is 18.5. The molecule has 6 heteroatoms. The van der Waals surface area contributed by atoms with E-state index in [-0.39, 0.29) is 12.2 Å². The van der Waals surface area contributed by atoms with E-state index in [9.17, 15) is 4.79 Å². The zero-order chi connectivity index (χ0) is 9.47. The molecule has 0 saturated heterocycles. The number of aromatic nitrogens is 2. The molecule has 1 aromatic heterocycles. The molecule has 0 aliphatic heterocycles. The van der Waals surface area contributed by atoms with Crippen molar-refractivity contribution in [1.29, 1.82) is 0 Å². The van der Waals surface area contributed by atoms with Gasteiger partial charge in [-0.25, -0.2) is 0 Å². The quantitative estimate of drug-likeness (QED) is 0.663. The topological polar surface area (TPSA) is 102 Å². The Morgan fingerprint density at radius 3 is 2.92 bits per heavy atom. The average molecular weight is 183 g/mol. The maximum atomic E-state index is 10.3. The summed E-state index contributed by atoms with van der Waals surface area (Å²) in [5.74, 6) is -0.447. The van der Waals surface area contributed by atoms with Gasteiger partial charge < -0.3 is 15.4 Å². The van der Waals surface area contributed by atoms with Gasteiger partial charge in [0, 0.05) is 0 Å². The van der Waals surface area contributed by atoms with Crippen molar-refractivity contribution in [2.45, 2.75) is 24.8 Å². The minimum Gasteiger partial charge on any atom is -0.481 e. The van der Waals surface area contributed by atoms with Crippen LogP contribution in [0.4, 0.5) is 0 Å². The summed E-state index contributed by atoms with van der Waals surface area (Å²) in [5.41, 5.74) is 5.29. The smallest absolute Gasteiger partial charge is 0.311 e. The zero-order valence-electron chi connectivity index (χ0n) is 6.86. The number of carboxylic acid groups (broad SMARTS) is 1. The molecule has 1 fully saturated rings. The molecule has 0 aromatic carbocycles. The van der Waals surface area contributed by atoms with Crippen LogP contribution in [0, 0.1) is 0 Å². The van der Waals surface area contributed by atoms with Crippen molar-refractivity contribution in [3.05, 3.63) is 11.7 Å². The number of nitrogens with zero attached hydrogens (tertiary/aromatic N) is 2. The van der Waals surface area contributed by atoms with Crippen molar-refractivity contribution in [2.24, 2.45) is 5.73 Å². The Morgan fingerprint density at radius 1 is 1.69 bits per heavy atom. The van der Waals surface area contributed by atoms with Crippen LogP contribution in [-0.4, -0.2) is 21.2 Å². The van der Waals surface area contributed by atoms with E-state index in [1.54, 1.807) is 0 Å². The highest BCUT2D eigenvalue weighted by Gasteiger charge is 2.45. The number of aliphatic carboxylic acids is 1. The van der Waals surface area contributed by atoms with E-state index in [0.717, 1.165) is 12.8 Å². The largest absolute Gasteiger partial charge is 0.481 e. The van der Waals surface area contributed by atoms with Crippen molar-refractivity contribution in [1.82, 2.24) is 10.1 Å².